The van der Waals surface area contributed by atoms with Crippen molar-refractivity contribution in [2.45, 2.75) is 27.1 Å². The van der Waals surface area contributed by atoms with E-state index in [0.717, 1.165) is 5.56 Å². The van der Waals surface area contributed by atoms with Crippen molar-refractivity contribution in [3.8, 4) is 0 Å². The average Bonchev–Trinajstić information content (AvgIpc) is 3.42. The lowest BCUT2D eigenvalue weighted by molar-refractivity contribution is -0.386. The number of carbonyl (C=O) groups excluding carboxylic acids is 1. The van der Waals surface area contributed by atoms with Crippen molar-refractivity contribution in [1.29, 1.82) is 0 Å². The van der Waals surface area contributed by atoms with Gasteiger partial charge < -0.3 is 5.32 Å². The topological polar surface area (TPSA) is 126 Å². The van der Waals surface area contributed by atoms with Crippen molar-refractivity contribution >= 4 is 17.4 Å². The predicted molar refractivity (Wildman–Crippen MR) is 112 cm³/mol. The van der Waals surface area contributed by atoms with Crippen LogP contribution in [0.4, 0.5) is 15.9 Å². The summed E-state index contributed by atoms with van der Waals surface area (Å²) < 4.78 is 17.8. The molecule has 0 saturated heterocycles. The largest absolute Gasteiger partial charge is 0.312 e. The van der Waals surface area contributed by atoms with Gasteiger partial charge in [0.15, 0.2) is 11.5 Å². The molecule has 1 aromatic carbocycles. The molecular weight excluding hydrogens is 419 g/mol. The number of benzene rings is 1. The number of aryl methyl sites for hydroxylation is 1. The molecule has 3 aromatic heterocycles. The molecule has 0 spiro atoms. The maximum absolute atomic E-state index is 13.3. The highest BCUT2D eigenvalue weighted by Crippen LogP contribution is 2.21. The number of nitrogens with zero attached hydrogens (tertiary/aromatic N) is 7. The molecule has 0 radical (unpaired) electrons. The van der Waals surface area contributed by atoms with E-state index in [-0.39, 0.29) is 23.9 Å². The van der Waals surface area contributed by atoms with Crippen LogP contribution in [0, 0.1) is 29.8 Å². The van der Waals surface area contributed by atoms with E-state index in [1.54, 1.807) is 49.1 Å². The van der Waals surface area contributed by atoms with Crippen LogP contribution in [-0.2, 0) is 13.2 Å². The van der Waals surface area contributed by atoms with E-state index >= 15 is 0 Å². The Morgan fingerprint density at radius 1 is 1.12 bits per heavy atom. The van der Waals surface area contributed by atoms with Gasteiger partial charge in [-0.3, -0.25) is 24.3 Å². The molecule has 0 bridgehead atoms. The lowest BCUT2D eigenvalue weighted by Crippen LogP contribution is -2.16. The summed E-state index contributed by atoms with van der Waals surface area (Å²) in [6.45, 7) is 3.65. The molecule has 4 rings (SSSR count). The molecule has 0 aliphatic heterocycles. The minimum atomic E-state index is -0.469. The van der Waals surface area contributed by atoms with Crippen LogP contribution in [0.3, 0.4) is 0 Å². The van der Waals surface area contributed by atoms with Gasteiger partial charge in [0.05, 0.1) is 11.5 Å². The summed E-state index contributed by atoms with van der Waals surface area (Å²) in [5.74, 6) is -0.455. The Balaban J connectivity index is 1.41. The standard InChI is InChI=1S/C20H19FN8O3/c1-13-19(29(31)32)14(2)28(23-13)12-27-8-6-17(24-27)20(30)22-18-7-9-26(25-18)11-15-4-3-5-16(21)10-15/h3-10H,11-12H2,1-2H3,(H,22,25,30). The van der Waals surface area contributed by atoms with Crippen LogP contribution < -0.4 is 5.32 Å². The fraction of sp³-hybridized carbons (Fsp3) is 0.200. The molecule has 0 aliphatic carbocycles. The Bertz CT molecular complexity index is 1310. The number of aromatic nitrogens is 6. The monoisotopic (exact) mass is 438 g/mol. The summed E-state index contributed by atoms with van der Waals surface area (Å²) in [6.07, 6.45) is 3.26. The first-order valence-corrected chi connectivity index (χ1v) is 9.61. The van der Waals surface area contributed by atoms with Crippen molar-refractivity contribution in [1.82, 2.24) is 29.3 Å². The second kappa shape index (κ2) is 8.41. The normalized spacial score (nSPS) is 11.0. The number of nitrogens with one attached hydrogen (secondary N) is 1. The maximum atomic E-state index is 13.3. The maximum Gasteiger partial charge on any atom is 0.312 e. The summed E-state index contributed by atoms with van der Waals surface area (Å²) in [5.41, 5.74) is 1.57. The van der Waals surface area contributed by atoms with Crippen molar-refractivity contribution in [2.75, 3.05) is 5.32 Å². The molecule has 0 atom stereocenters. The first kappa shape index (κ1) is 20.9. The summed E-state index contributed by atoms with van der Waals surface area (Å²) in [4.78, 5) is 23.2. The van der Waals surface area contributed by atoms with Crippen LogP contribution in [0.25, 0.3) is 0 Å². The molecule has 3 heterocycles. The van der Waals surface area contributed by atoms with Crippen molar-refractivity contribution in [3.63, 3.8) is 0 Å². The van der Waals surface area contributed by atoms with Crippen LogP contribution in [0.2, 0.25) is 0 Å². The van der Waals surface area contributed by atoms with Gasteiger partial charge in [0.2, 0.25) is 0 Å². The first-order chi connectivity index (χ1) is 15.3. The third-order valence-corrected chi connectivity index (χ3v) is 4.79. The highest BCUT2D eigenvalue weighted by Gasteiger charge is 2.22. The van der Waals surface area contributed by atoms with Crippen LogP contribution in [0.15, 0.2) is 48.8 Å². The predicted octanol–water partition coefficient (Wildman–Crippen LogP) is 2.75. The van der Waals surface area contributed by atoms with Gasteiger partial charge in [0.25, 0.3) is 5.91 Å². The molecule has 0 unspecified atom stereocenters. The Hall–Kier alpha value is -4.35. The number of amides is 1. The molecule has 11 nitrogen and oxygen atoms in total. The zero-order valence-electron chi connectivity index (χ0n) is 17.3. The zero-order chi connectivity index (χ0) is 22.8. The third-order valence-electron chi connectivity index (χ3n) is 4.79. The van der Waals surface area contributed by atoms with E-state index < -0.39 is 10.8 Å². The number of carbonyl (C=O) groups is 1. The van der Waals surface area contributed by atoms with Gasteiger partial charge >= 0.3 is 5.69 Å². The van der Waals surface area contributed by atoms with Gasteiger partial charge in [0, 0.05) is 18.5 Å². The molecule has 1 amide bonds. The van der Waals surface area contributed by atoms with Crippen molar-refractivity contribution in [2.24, 2.45) is 0 Å². The molecular formula is C20H19FN8O3. The van der Waals surface area contributed by atoms with Gasteiger partial charge in [-0.25, -0.2) is 9.07 Å². The number of rotatable bonds is 7. The van der Waals surface area contributed by atoms with E-state index in [9.17, 15) is 19.3 Å². The number of nitro groups is 1. The minimum Gasteiger partial charge on any atom is -0.304 e. The summed E-state index contributed by atoms with van der Waals surface area (Å²) in [6, 6.07) is 9.35. The highest BCUT2D eigenvalue weighted by atomic mass is 19.1. The lowest BCUT2D eigenvalue weighted by atomic mass is 10.2. The Morgan fingerprint density at radius 2 is 1.91 bits per heavy atom. The summed E-state index contributed by atoms with van der Waals surface area (Å²) in [5, 5.41) is 26.4. The minimum absolute atomic E-state index is 0.0380. The van der Waals surface area contributed by atoms with Gasteiger partial charge in [0.1, 0.15) is 23.9 Å². The van der Waals surface area contributed by atoms with Gasteiger partial charge in [-0.05, 0) is 37.6 Å². The van der Waals surface area contributed by atoms with Gasteiger partial charge in [-0.1, -0.05) is 12.1 Å². The van der Waals surface area contributed by atoms with Crippen molar-refractivity contribution in [3.05, 3.63) is 87.4 Å². The number of hydrogen-bond donors (Lipinski definition) is 1. The van der Waals surface area contributed by atoms with E-state index in [2.05, 4.69) is 20.6 Å². The second-order valence-corrected chi connectivity index (χ2v) is 7.14. The Morgan fingerprint density at radius 3 is 2.62 bits per heavy atom. The summed E-state index contributed by atoms with van der Waals surface area (Å²) >= 11 is 0. The first-order valence-electron chi connectivity index (χ1n) is 9.61. The quantitative estimate of drug-likeness (QED) is 0.349. The summed E-state index contributed by atoms with van der Waals surface area (Å²) in [7, 11) is 0. The molecule has 12 heteroatoms. The highest BCUT2D eigenvalue weighted by molar-refractivity contribution is 6.02. The van der Waals surface area contributed by atoms with Crippen molar-refractivity contribution < 1.29 is 14.1 Å². The van der Waals surface area contributed by atoms with Gasteiger partial charge in [-0.15, -0.1) is 0 Å². The third kappa shape index (κ3) is 4.38. The zero-order valence-corrected chi connectivity index (χ0v) is 17.3. The number of hydrogen-bond acceptors (Lipinski definition) is 6. The van der Waals surface area contributed by atoms with E-state index in [4.69, 9.17) is 0 Å². The number of anilines is 1. The van der Waals surface area contributed by atoms with E-state index in [1.165, 1.54) is 27.6 Å². The van der Waals surface area contributed by atoms with Crippen LogP contribution >= 0.6 is 0 Å². The number of halogens is 1. The molecule has 1 N–H and O–H groups in total. The van der Waals surface area contributed by atoms with Crippen LogP contribution in [0.1, 0.15) is 27.4 Å². The molecule has 0 aliphatic rings. The fourth-order valence-corrected chi connectivity index (χ4v) is 3.31. The Labute approximate surface area is 181 Å². The molecule has 0 fully saturated rings. The van der Waals surface area contributed by atoms with E-state index in [1.807, 2.05) is 0 Å². The fourth-order valence-electron chi connectivity index (χ4n) is 3.31. The average molecular weight is 438 g/mol. The van der Waals surface area contributed by atoms with Crippen LogP contribution in [-0.4, -0.2) is 40.2 Å². The smallest absolute Gasteiger partial charge is 0.304 e. The molecule has 32 heavy (non-hydrogen) atoms. The van der Waals surface area contributed by atoms with Crippen LogP contribution in [0.5, 0.6) is 0 Å². The van der Waals surface area contributed by atoms with Gasteiger partial charge in [-0.2, -0.15) is 15.3 Å². The Kier molecular flexibility index (Phi) is 5.50. The lowest BCUT2D eigenvalue weighted by Gasteiger charge is -2.04. The molecule has 4 aromatic rings. The van der Waals surface area contributed by atoms with E-state index in [0.29, 0.717) is 23.8 Å². The SMILES string of the molecule is Cc1nn(Cn2ccc(C(=O)Nc3ccn(Cc4cccc(F)c4)n3)n2)c(C)c1[N+](=O)[O-]. The molecule has 164 valence electrons. The molecule has 0 saturated carbocycles. The second-order valence-electron chi connectivity index (χ2n) is 7.14.